The molecular weight excluding hydrogens is 424 g/mol. The molecule has 1 aliphatic heterocycles. The molecule has 0 aliphatic carbocycles. The van der Waals surface area contributed by atoms with Crippen molar-refractivity contribution < 1.29 is 14.3 Å². The molecule has 4 aromatic rings. The van der Waals surface area contributed by atoms with Gasteiger partial charge in [0.05, 0.1) is 5.75 Å². The van der Waals surface area contributed by atoms with Gasteiger partial charge in [-0.15, -0.1) is 10.2 Å². The van der Waals surface area contributed by atoms with Crippen molar-refractivity contribution in [1.82, 2.24) is 20.1 Å². The molecule has 0 fully saturated rings. The standard InChI is InChI=1S/C24H20N4O3S/c29-22(25-14-17-7-3-1-4-8-17)15-32-24-27-26-23(28(24)19-9-5-2-6-10-19)18-11-12-20-21(13-18)31-16-30-20/h1-13H,14-16H2,(H,25,29). The maximum Gasteiger partial charge on any atom is 0.231 e. The van der Waals surface area contributed by atoms with Crippen molar-refractivity contribution in [3.8, 4) is 28.6 Å². The highest BCUT2D eigenvalue weighted by Crippen LogP contribution is 2.37. The van der Waals surface area contributed by atoms with E-state index >= 15 is 0 Å². The van der Waals surface area contributed by atoms with Crippen LogP contribution in [0.4, 0.5) is 0 Å². The van der Waals surface area contributed by atoms with Crippen LogP contribution in [0.25, 0.3) is 17.1 Å². The number of para-hydroxylation sites is 1. The van der Waals surface area contributed by atoms with Crippen molar-refractivity contribution in [2.45, 2.75) is 11.7 Å². The predicted molar refractivity (Wildman–Crippen MR) is 122 cm³/mol. The lowest BCUT2D eigenvalue weighted by atomic mass is 10.2. The monoisotopic (exact) mass is 444 g/mol. The van der Waals surface area contributed by atoms with E-state index in [0.29, 0.717) is 29.0 Å². The summed E-state index contributed by atoms with van der Waals surface area (Å²) in [6, 6.07) is 25.4. The van der Waals surface area contributed by atoms with E-state index in [0.717, 1.165) is 16.8 Å². The van der Waals surface area contributed by atoms with Crippen LogP contribution in [0.5, 0.6) is 11.5 Å². The first kappa shape index (κ1) is 20.1. The van der Waals surface area contributed by atoms with Crippen molar-refractivity contribution in [2.24, 2.45) is 0 Å². The number of ether oxygens (including phenoxy) is 2. The minimum absolute atomic E-state index is 0.0638. The molecule has 1 N–H and O–H groups in total. The molecule has 0 saturated carbocycles. The summed E-state index contributed by atoms with van der Waals surface area (Å²) in [6.45, 7) is 0.706. The number of nitrogens with one attached hydrogen (secondary N) is 1. The highest BCUT2D eigenvalue weighted by atomic mass is 32.2. The Hall–Kier alpha value is -3.78. The van der Waals surface area contributed by atoms with Crippen LogP contribution in [-0.4, -0.2) is 33.2 Å². The van der Waals surface area contributed by atoms with Crippen LogP contribution in [0.3, 0.4) is 0 Å². The molecule has 32 heavy (non-hydrogen) atoms. The molecule has 0 spiro atoms. The first-order valence-electron chi connectivity index (χ1n) is 10.1. The third-order valence-corrected chi connectivity index (χ3v) is 5.87. The summed E-state index contributed by atoms with van der Waals surface area (Å²) in [5.41, 5.74) is 2.83. The fourth-order valence-electron chi connectivity index (χ4n) is 3.37. The Labute approximate surface area is 189 Å². The number of fused-ring (bicyclic) bond motifs is 1. The van der Waals surface area contributed by atoms with Crippen LogP contribution in [0.15, 0.2) is 84.0 Å². The van der Waals surface area contributed by atoms with Crippen LogP contribution in [-0.2, 0) is 11.3 Å². The largest absolute Gasteiger partial charge is 0.454 e. The van der Waals surface area contributed by atoms with Gasteiger partial charge in [-0.3, -0.25) is 9.36 Å². The van der Waals surface area contributed by atoms with E-state index in [1.807, 2.05) is 83.4 Å². The van der Waals surface area contributed by atoms with Gasteiger partial charge < -0.3 is 14.8 Å². The predicted octanol–water partition coefficient (Wildman–Crippen LogP) is 4.07. The molecule has 1 aliphatic rings. The Morgan fingerprint density at radius 1 is 0.938 bits per heavy atom. The molecule has 8 heteroatoms. The smallest absolute Gasteiger partial charge is 0.231 e. The first-order chi connectivity index (χ1) is 15.8. The summed E-state index contributed by atoms with van der Waals surface area (Å²) in [6.07, 6.45) is 0. The minimum atomic E-state index is -0.0638. The Kier molecular flexibility index (Phi) is 5.76. The number of thioether (sulfide) groups is 1. The molecule has 5 rings (SSSR count). The lowest BCUT2D eigenvalue weighted by Gasteiger charge is -2.11. The van der Waals surface area contributed by atoms with Gasteiger partial charge in [-0.1, -0.05) is 60.3 Å². The molecule has 160 valence electrons. The summed E-state index contributed by atoms with van der Waals surface area (Å²) >= 11 is 1.35. The number of hydrogen-bond acceptors (Lipinski definition) is 6. The van der Waals surface area contributed by atoms with E-state index in [1.165, 1.54) is 11.8 Å². The second kappa shape index (κ2) is 9.15. The normalized spacial score (nSPS) is 12.0. The second-order valence-corrected chi connectivity index (χ2v) is 8.04. The maximum atomic E-state index is 12.4. The third kappa shape index (κ3) is 4.31. The van der Waals surface area contributed by atoms with Crippen LogP contribution < -0.4 is 14.8 Å². The van der Waals surface area contributed by atoms with E-state index in [9.17, 15) is 4.79 Å². The van der Waals surface area contributed by atoms with Crippen molar-refractivity contribution in [1.29, 1.82) is 0 Å². The van der Waals surface area contributed by atoms with Gasteiger partial charge in [0.1, 0.15) is 0 Å². The average molecular weight is 445 g/mol. The fraction of sp³-hybridized carbons (Fsp3) is 0.125. The number of carbonyl (C=O) groups excluding carboxylic acids is 1. The Morgan fingerprint density at radius 3 is 2.50 bits per heavy atom. The number of amides is 1. The molecule has 0 atom stereocenters. The van der Waals surface area contributed by atoms with Gasteiger partial charge in [-0.25, -0.2) is 0 Å². The Bertz CT molecular complexity index is 1230. The van der Waals surface area contributed by atoms with Crippen molar-refractivity contribution in [2.75, 3.05) is 12.5 Å². The van der Waals surface area contributed by atoms with Gasteiger partial charge in [-0.2, -0.15) is 0 Å². The van der Waals surface area contributed by atoms with Crippen LogP contribution >= 0.6 is 11.8 Å². The van der Waals surface area contributed by atoms with Gasteiger partial charge >= 0.3 is 0 Å². The van der Waals surface area contributed by atoms with Gasteiger partial charge in [0, 0.05) is 17.8 Å². The number of carbonyl (C=O) groups is 1. The average Bonchev–Trinajstić information content (AvgIpc) is 3.49. The van der Waals surface area contributed by atoms with E-state index in [-0.39, 0.29) is 18.5 Å². The summed E-state index contributed by atoms with van der Waals surface area (Å²) in [5, 5.41) is 12.4. The lowest BCUT2D eigenvalue weighted by molar-refractivity contribution is -0.118. The molecule has 0 radical (unpaired) electrons. The van der Waals surface area contributed by atoms with Gasteiger partial charge in [-0.05, 0) is 35.9 Å². The van der Waals surface area contributed by atoms with Gasteiger partial charge in [0.15, 0.2) is 22.5 Å². The summed E-state index contributed by atoms with van der Waals surface area (Å²) in [7, 11) is 0. The van der Waals surface area contributed by atoms with Crippen molar-refractivity contribution in [3.05, 3.63) is 84.4 Å². The Morgan fingerprint density at radius 2 is 1.69 bits per heavy atom. The molecule has 0 bridgehead atoms. The third-order valence-electron chi connectivity index (χ3n) is 4.94. The quantitative estimate of drug-likeness (QED) is 0.433. The molecule has 0 unspecified atom stereocenters. The summed E-state index contributed by atoms with van der Waals surface area (Å²) < 4.78 is 12.9. The first-order valence-corrected chi connectivity index (χ1v) is 11.1. The van der Waals surface area contributed by atoms with Crippen molar-refractivity contribution >= 4 is 17.7 Å². The zero-order valence-corrected chi connectivity index (χ0v) is 17.9. The van der Waals surface area contributed by atoms with E-state index < -0.39 is 0 Å². The van der Waals surface area contributed by atoms with Gasteiger partial charge in [0.2, 0.25) is 12.7 Å². The zero-order valence-electron chi connectivity index (χ0n) is 17.1. The van der Waals surface area contributed by atoms with Gasteiger partial charge in [0.25, 0.3) is 0 Å². The number of aromatic nitrogens is 3. The van der Waals surface area contributed by atoms with Crippen molar-refractivity contribution in [3.63, 3.8) is 0 Å². The highest BCUT2D eigenvalue weighted by molar-refractivity contribution is 7.99. The molecule has 1 aromatic heterocycles. The van der Waals surface area contributed by atoms with E-state index in [2.05, 4.69) is 15.5 Å². The molecule has 0 saturated heterocycles. The summed E-state index contributed by atoms with van der Waals surface area (Å²) in [5.74, 6) is 2.23. The topological polar surface area (TPSA) is 78.3 Å². The minimum Gasteiger partial charge on any atom is -0.454 e. The summed E-state index contributed by atoms with van der Waals surface area (Å²) in [4.78, 5) is 12.4. The van der Waals surface area contributed by atoms with E-state index in [1.54, 1.807) is 0 Å². The Balaban J connectivity index is 1.37. The molecule has 7 nitrogen and oxygen atoms in total. The van der Waals surface area contributed by atoms with E-state index in [4.69, 9.17) is 9.47 Å². The lowest BCUT2D eigenvalue weighted by Crippen LogP contribution is -2.24. The molecule has 2 heterocycles. The van der Waals surface area contributed by atoms with Crippen LogP contribution in [0, 0.1) is 0 Å². The second-order valence-electron chi connectivity index (χ2n) is 7.10. The highest BCUT2D eigenvalue weighted by Gasteiger charge is 2.20. The molecule has 1 amide bonds. The molecular formula is C24H20N4O3S. The fourth-order valence-corrected chi connectivity index (χ4v) is 4.16. The van der Waals surface area contributed by atoms with Crippen LogP contribution in [0.2, 0.25) is 0 Å². The SMILES string of the molecule is O=C(CSc1nnc(-c2ccc3c(c2)OCO3)n1-c1ccccc1)NCc1ccccc1. The number of hydrogen-bond donors (Lipinski definition) is 1. The molecule has 3 aromatic carbocycles. The number of nitrogens with zero attached hydrogens (tertiary/aromatic N) is 3. The zero-order chi connectivity index (χ0) is 21.8. The maximum absolute atomic E-state index is 12.4. The van der Waals surface area contributed by atoms with Crippen LogP contribution in [0.1, 0.15) is 5.56 Å². The number of rotatable bonds is 7. The number of benzene rings is 3.